The number of carbonyl (C=O) groups is 2. The molecule has 150 valence electrons. The first-order valence-electron chi connectivity index (χ1n) is 9.56. The second kappa shape index (κ2) is 9.11. The van der Waals surface area contributed by atoms with Gasteiger partial charge in [0.15, 0.2) is 0 Å². The first-order valence-corrected chi connectivity index (χ1v) is 9.56. The Bertz CT molecular complexity index is 667. The van der Waals surface area contributed by atoms with Crippen LogP contribution in [0.2, 0.25) is 0 Å². The largest absolute Gasteiger partial charge is 0.497 e. The van der Waals surface area contributed by atoms with Crippen molar-refractivity contribution >= 4 is 11.8 Å². The Balaban J connectivity index is 2.06. The van der Waals surface area contributed by atoms with E-state index >= 15 is 0 Å². The maximum absolute atomic E-state index is 12.8. The third-order valence-electron chi connectivity index (χ3n) is 4.88. The predicted molar refractivity (Wildman–Crippen MR) is 105 cm³/mol. The smallest absolute Gasteiger partial charge is 0.224 e. The summed E-state index contributed by atoms with van der Waals surface area (Å²) >= 11 is 0. The zero-order valence-corrected chi connectivity index (χ0v) is 17.1. The summed E-state index contributed by atoms with van der Waals surface area (Å²) in [5, 5.41) is 6.01. The summed E-state index contributed by atoms with van der Waals surface area (Å²) in [6, 6.07) is 5.49. The quantitative estimate of drug-likeness (QED) is 0.800. The van der Waals surface area contributed by atoms with Gasteiger partial charge in [0.1, 0.15) is 11.5 Å². The molecule has 2 rings (SSSR count). The van der Waals surface area contributed by atoms with E-state index in [4.69, 9.17) is 9.47 Å². The van der Waals surface area contributed by atoms with Gasteiger partial charge in [0.2, 0.25) is 11.8 Å². The monoisotopic (exact) mass is 376 g/mol. The van der Waals surface area contributed by atoms with Crippen LogP contribution in [0, 0.1) is 11.8 Å². The van der Waals surface area contributed by atoms with Crippen LogP contribution in [0.4, 0.5) is 0 Å². The molecule has 1 aromatic rings. The Morgan fingerprint density at radius 2 is 1.67 bits per heavy atom. The molecule has 0 saturated heterocycles. The number of rotatable bonds is 6. The Kier molecular flexibility index (Phi) is 7.11. The van der Waals surface area contributed by atoms with Gasteiger partial charge in [0, 0.05) is 29.5 Å². The highest BCUT2D eigenvalue weighted by Crippen LogP contribution is 2.31. The van der Waals surface area contributed by atoms with Crippen LogP contribution in [-0.2, 0) is 16.1 Å². The van der Waals surface area contributed by atoms with Gasteiger partial charge >= 0.3 is 0 Å². The second-order valence-electron chi connectivity index (χ2n) is 8.13. The summed E-state index contributed by atoms with van der Waals surface area (Å²) in [4.78, 5) is 25.5. The molecule has 0 aliphatic heterocycles. The molecule has 0 bridgehead atoms. The van der Waals surface area contributed by atoms with Crippen molar-refractivity contribution in [3.05, 3.63) is 23.8 Å². The molecule has 1 aliphatic carbocycles. The number of methoxy groups -OCH3 is 2. The van der Waals surface area contributed by atoms with Crippen LogP contribution in [-0.4, -0.2) is 31.6 Å². The normalized spacial score (nSPS) is 19.9. The number of ether oxygens (including phenoxy) is 2. The maximum Gasteiger partial charge on any atom is 0.224 e. The summed E-state index contributed by atoms with van der Waals surface area (Å²) in [6.45, 7) is 6.21. The highest BCUT2D eigenvalue weighted by molar-refractivity contribution is 5.88. The molecular formula is C21H32N2O4. The van der Waals surface area contributed by atoms with E-state index in [-0.39, 0.29) is 29.2 Å². The fraction of sp³-hybridized carbons (Fsp3) is 0.619. The van der Waals surface area contributed by atoms with Crippen molar-refractivity contribution < 1.29 is 19.1 Å². The van der Waals surface area contributed by atoms with E-state index < -0.39 is 0 Å². The zero-order valence-electron chi connectivity index (χ0n) is 17.1. The molecule has 6 nitrogen and oxygen atoms in total. The topological polar surface area (TPSA) is 76.7 Å². The van der Waals surface area contributed by atoms with Gasteiger partial charge in [-0.2, -0.15) is 0 Å². The highest BCUT2D eigenvalue weighted by atomic mass is 16.5. The van der Waals surface area contributed by atoms with Gasteiger partial charge in [-0.3, -0.25) is 9.59 Å². The van der Waals surface area contributed by atoms with Crippen LogP contribution in [0.1, 0.15) is 52.0 Å². The minimum atomic E-state index is -0.302. The van der Waals surface area contributed by atoms with Crippen molar-refractivity contribution in [1.29, 1.82) is 0 Å². The third-order valence-corrected chi connectivity index (χ3v) is 4.88. The lowest BCUT2D eigenvalue weighted by atomic mass is 9.77. The van der Waals surface area contributed by atoms with Crippen LogP contribution in [0.15, 0.2) is 18.2 Å². The SMILES string of the molecule is COc1ccc(OC)c(CNC(=O)[C@H]2CCCC[C@H]2C(=O)NC(C)(C)C)c1. The lowest BCUT2D eigenvalue weighted by Crippen LogP contribution is -2.49. The third kappa shape index (κ3) is 5.88. The van der Waals surface area contributed by atoms with Crippen LogP contribution in [0.5, 0.6) is 11.5 Å². The predicted octanol–water partition coefficient (Wildman–Crippen LogP) is 3.04. The average molecular weight is 376 g/mol. The number of hydrogen-bond donors (Lipinski definition) is 2. The summed E-state index contributed by atoms with van der Waals surface area (Å²) < 4.78 is 10.6. The zero-order chi connectivity index (χ0) is 20.0. The number of nitrogens with one attached hydrogen (secondary N) is 2. The Labute approximate surface area is 162 Å². The van der Waals surface area contributed by atoms with Gasteiger partial charge in [-0.05, 0) is 51.8 Å². The van der Waals surface area contributed by atoms with E-state index in [9.17, 15) is 9.59 Å². The summed E-state index contributed by atoms with van der Waals surface area (Å²) in [5.41, 5.74) is 0.542. The lowest BCUT2D eigenvalue weighted by molar-refractivity contribution is -0.137. The molecule has 1 saturated carbocycles. The van der Waals surface area contributed by atoms with Crippen LogP contribution < -0.4 is 20.1 Å². The maximum atomic E-state index is 12.8. The Morgan fingerprint density at radius 3 is 2.22 bits per heavy atom. The fourth-order valence-corrected chi connectivity index (χ4v) is 3.55. The first kappa shape index (κ1) is 21.1. The lowest BCUT2D eigenvalue weighted by Gasteiger charge is -2.32. The molecule has 27 heavy (non-hydrogen) atoms. The van der Waals surface area contributed by atoms with E-state index in [0.717, 1.165) is 31.2 Å². The molecule has 2 N–H and O–H groups in total. The molecule has 2 amide bonds. The van der Waals surface area contributed by atoms with Crippen LogP contribution in [0.25, 0.3) is 0 Å². The molecule has 0 unspecified atom stereocenters. The van der Waals surface area contributed by atoms with E-state index in [1.165, 1.54) is 0 Å². The van der Waals surface area contributed by atoms with Crippen molar-refractivity contribution in [1.82, 2.24) is 10.6 Å². The molecule has 1 fully saturated rings. The average Bonchev–Trinajstić information content (AvgIpc) is 2.64. The Hall–Kier alpha value is -2.24. The van der Waals surface area contributed by atoms with Crippen molar-refractivity contribution in [3.8, 4) is 11.5 Å². The number of carbonyl (C=O) groups excluding carboxylic acids is 2. The van der Waals surface area contributed by atoms with Gasteiger partial charge in [0.25, 0.3) is 0 Å². The molecule has 2 atom stereocenters. The van der Waals surface area contributed by atoms with Gasteiger partial charge in [-0.15, -0.1) is 0 Å². The number of amides is 2. The van der Waals surface area contributed by atoms with Gasteiger partial charge in [-0.25, -0.2) is 0 Å². The molecule has 0 radical (unpaired) electrons. The van der Waals surface area contributed by atoms with Crippen molar-refractivity contribution in [2.75, 3.05) is 14.2 Å². The van der Waals surface area contributed by atoms with Gasteiger partial charge < -0.3 is 20.1 Å². The molecule has 0 spiro atoms. The van der Waals surface area contributed by atoms with E-state index in [2.05, 4.69) is 10.6 Å². The van der Waals surface area contributed by atoms with Gasteiger partial charge in [-0.1, -0.05) is 12.8 Å². The fourth-order valence-electron chi connectivity index (χ4n) is 3.55. The molecule has 1 aromatic carbocycles. The van der Waals surface area contributed by atoms with Crippen molar-refractivity contribution in [3.63, 3.8) is 0 Å². The molecular weight excluding hydrogens is 344 g/mol. The summed E-state index contributed by atoms with van der Waals surface area (Å²) in [6.07, 6.45) is 3.45. The molecule has 0 aromatic heterocycles. The van der Waals surface area contributed by atoms with Gasteiger partial charge in [0.05, 0.1) is 14.2 Å². The van der Waals surface area contributed by atoms with E-state index in [0.29, 0.717) is 18.0 Å². The van der Waals surface area contributed by atoms with Crippen LogP contribution in [0.3, 0.4) is 0 Å². The molecule has 0 heterocycles. The molecule has 1 aliphatic rings. The first-order chi connectivity index (χ1) is 12.7. The van der Waals surface area contributed by atoms with E-state index in [1.807, 2.05) is 39.0 Å². The van der Waals surface area contributed by atoms with Crippen molar-refractivity contribution in [2.24, 2.45) is 11.8 Å². The number of benzene rings is 1. The second-order valence-corrected chi connectivity index (χ2v) is 8.13. The number of hydrogen-bond acceptors (Lipinski definition) is 4. The highest BCUT2D eigenvalue weighted by Gasteiger charge is 2.36. The standard InChI is InChI=1S/C21H32N2O4/c1-21(2,3)23-20(25)17-9-7-6-8-16(17)19(24)22-13-14-12-15(26-4)10-11-18(14)27-5/h10-12,16-17H,6-9,13H2,1-5H3,(H,22,24)(H,23,25)/t16-,17+/m0/s1. The minimum Gasteiger partial charge on any atom is -0.497 e. The van der Waals surface area contributed by atoms with Crippen molar-refractivity contribution in [2.45, 2.75) is 58.5 Å². The molecule has 6 heteroatoms. The summed E-state index contributed by atoms with van der Waals surface area (Å²) in [5.74, 6) is 0.736. The Morgan fingerprint density at radius 1 is 1.04 bits per heavy atom. The summed E-state index contributed by atoms with van der Waals surface area (Å²) in [7, 11) is 3.20. The minimum absolute atomic E-state index is 0.0266. The van der Waals surface area contributed by atoms with Crippen LogP contribution >= 0.6 is 0 Å². The van der Waals surface area contributed by atoms with E-state index in [1.54, 1.807) is 14.2 Å².